The molecule has 0 saturated carbocycles. The third-order valence-corrected chi connectivity index (χ3v) is 4.52. The molecular weight excluding hydrogens is 312 g/mol. The lowest BCUT2D eigenvalue weighted by Crippen LogP contribution is -2.51. The molecule has 2 aliphatic rings. The highest BCUT2D eigenvalue weighted by molar-refractivity contribution is 6.07. The van der Waals surface area contributed by atoms with Gasteiger partial charge >= 0.3 is 6.03 Å². The fraction of sp³-hybridized carbons (Fsp3) is 0.533. The predicted octanol–water partition coefficient (Wildman–Crippen LogP) is -0.414. The zero-order valence-electron chi connectivity index (χ0n) is 13.7. The number of hydrogen-bond acceptors (Lipinski definition) is 6. The summed E-state index contributed by atoms with van der Waals surface area (Å²) in [4.78, 5) is 46.5. The fourth-order valence-corrected chi connectivity index (χ4v) is 2.83. The van der Waals surface area contributed by atoms with E-state index in [1.54, 1.807) is 20.0 Å². The summed E-state index contributed by atoms with van der Waals surface area (Å²) in [5.74, 6) is -0.851. The molecule has 0 unspecified atom stereocenters. The molecule has 128 valence electrons. The molecule has 1 saturated heterocycles. The Hall–Kier alpha value is -2.55. The molecule has 1 fully saturated rings. The van der Waals surface area contributed by atoms with E-state index in [9.17, 15) is 14.4 Å². The Kier molecular flexibility index (Phi) is 4.18. The number of imide groups is 1. The van der Waals surface area contributed by atoms with Crippen molar-refractivity contribution in [1.29, 1.82) is 0 Å². The van der Waals surface area contributed by atoms with Crippen LogP contribution in [0.5, 0.6) is 0 Å². The van der Waals surface area contributed by atoms with Crippen LogP contribution in [-0.2, 0) is 22.6 Å². The topological polar surface area (TPSA) is 108 Å². The van der Waals surface area contributed by atoms with Gasteiger partial charge in [-0.25, -0.2) is 14.8 Å². The first-order valence-electron chi connectivity index (χ1n) is 7.89. The zero-order chi connectivity index (χ0) is 17.3. The molecule has 0 radical (unpaired) electrons. The van der Waals surface area contributed by atoms with Gasteiger partial charge in [-0.2, -0.15) is 5.01 Å². The summed E-state index contributed by atoms with van der Waals surface area (Å²) in [5.41, 5.74) is 3.42. The lowest BCUT2D eigenvalue weighted by molar-refractivity contribution is -0.139. The molecule has 0 aromatic carbocycles. The molecule has 0 spiro atoms. The Morgan fingerprint density at radius 3 is 2.96 bits per heavy atom. The van der Waals surface area contributed by atoms with Gasteiger partial charge in [0, 0.05) is 19.3 Å². The standard InChI is InChI=1S/C15H20N6O3/c1-3-15(2)13(23)21(14(24)18-15)19-12(22)8-20-5-4-10-6-16-9-17-11(10)7-20/h6,9H,3-5,7-8H2,1-2H3,(H,18,24)(H,19,22)/t15-/m1/s1. The van der Waals surface area contributed by atoms with Gasteiger partial charge in [0.05, 0.1) is 12.2 Å². The third-order valence-electron chi connectivity index (χ3n) is 4.52. The van der Waals surface area contributed by atoms with Crippen molar-refractivity contribution >= 4 is 17.8 Å². The minimum atomic E-state index is -0.967. The second-order valence-electron chi connectivity index (χ2n) is 6.25. The van der Waals surface area contributed by atoms with Gasteiger partial charge in [0.1, 0.15) is 11.9 Å². The summed E-state index contributed by atoms with van der Waals surface area (Å²) in [7, 11) is 0. The van der Waals surface area contributed by atoms with Crippen molar-refractivity contribution in [2.45, 2.75) is 38.8 Å². The largest absolute Gasteiger partial charge is 0.344 e. The van der Waals surface area contributed by atoms with Crippen LogP contribution in [0.3, 0.4) is 0 Å². The molecule has 3 heterocycles. The van der Waals surface area contributed by atoms with E-state index in [-0.39, 0.29) is 6.54 Å². The molecule has 1 aromatic heterocycles. The SMILES string of the molecule is CC[C@@]1(C)NC(=O)N(NC(=O)CN2CCc3cncnc3C2)C1=O. The molecule has 1 atom stereocenters. The molecule has 24 heavy (non-hydrogen) atoms. The summed E-state index contributed by atoms with van der Waals surface area (Å²) < 4.78 is 0. The number of hydrogen-bond donors (Lipinski definition) is 2. The Bertz CT molecular complexity index is 694. The number of carbonyl (C=O) groups excluding carboxylic acids is 3. The number of nitrogens with zero attached hydrogens (tertiary/aromatic N) is 4. The monoisotopic (exact) mass is 332 g/mol. The number of nitrogens with one attached hydrogen (secondary N) is 2. The van der Waals surface area contributed by atoms with Crippen molar-refractivity contribution in [3.8, 4) is 0 Å². The molecule has 1 aromatic rings. The second kappa shape index (κ2) is 6.16. The molecule has 4 amide bonds. The Morgan fingerprint density at radius 1 is 1.46 bits per heavy atom. The first kappa shape index (κ1) is 16.3. The van der Waals surface area contributed by atoms with Crippen molar-refractivity contribution in [3.05, 3.63) is 23.8 Å². The first-order valence-corrected chi connectivity index (χ1v) is 7.89. The van der Waals surface area contributed by atoms with E-state index in [2.05, 4.69) is 20.7 Å². The van der Waals surface area contributed by atoms with Crippen molar-refractivity contribution < 1.29 is 14.4 Å². The maximum atomic E-state index is 12.3. The van der Waals surface area contributed by atoms with Gasteiger partial charge in [0.15, 0.2) is 0 Å². The van der Waals surface area contributed by atoms with Crippen LogP contribution in [0, 0.1) is 0 Å². The minimum absolute atomic E-state index is 0.0866. The van der Waals surface area contributed by atoms with Crippen LogP contribution in [0.2, 0.25) is 0 Å². The summed E-state index contributed by atoms with van der Waals surface area (Å²) in [6, 6.07) is -0.602. The van der Waals surface area contributed by atoms with Gasteiger partial charge in [-0.3, -0.25) is 19.9 Å². The third kappa shape index (κ3) is 2.94. The van der Waals surface area contributed by atoms with Gasteiger partial charge < -0.3 is 5.32 Å². The summed E-state index contributed by atoms with van der Waals surface area (Å²) in [5, 5.41) is 3.36. The van der Waals surface area contributed by atoms with Crippen LogP contribution in [0.1, 0.15) is 31.5 Å². The number of aromatic nitrogens is 2. The first-order chi connectivity index (χ1) is 11.4. The summed E-state index contributed by atoms with van der Waals surface area (Å²) in [6.07, 6.45) is 4.49. The van der Waals surface area contributed by atoms with Crippen LogP contribution in [0.15, 0.2) is 12.5 Å². The van der Waals surface area contributed by atoms with E-state index < -0.39 is 23.4 Å². The van der Waals surface area contributed by atoms with Crippen molar-refractivity contribution in [3.63, 3.8) is 0 Å². The Morgan fingerprint density at radius 2 is 2.25 bits per heavy atom. The molecule has 3 rings (SSSR count). The molecular formula is C15H20N6O3. The van der Waals surface area contributed by atoms with Gasteiger partial charge in [0.25, 0.3) is 11.8 Å². The normalized spacial score (nSPS) is 23.8. The molecule has 9 heteroatoms. The predicted molar refractivity (Wildman–Crippen MR) is 83.2 cm³/mol. The van der Waals surface area contributed by atoms with Crippen LogP contribution < -0.4 is 10.7 Å². The van der Waals surface area contributed by atoms with Crippen LogP contribution in [-0.4, -0.2) is 56.4 Å². The molecule has 2 N–H and O–H groups in total. The van der Waals surface area contributed by atoms with Gasteiger partial charge in [0.2, 0.25) is 0 Å². The lowest BCUT2D eigenvalue weighted by Gasteiger charge is -2.27. The number of carbonyl (C=O) groups is 3. The number of urea groups is 1. The molecule has 0 aliphatic carbocycles. The lowest BCUT2D eigenvalue weighted by atomic mass is 10.00. The Balaban J connectivity index is 1.59. The van der Waals surface area contributed by atoms with Crippen LogP contribution in [0.4, 0.5) is 4.79 Å². The highest BCUT2D eigenvalue weighted by atomic mass is 16.2. The number of hydrazine groups is 1. The van der Waals surface area contributed by atoms with Crippen molar-refractivity contribution in [2.75, 3.05) is 13.1 Å². The Labute approximate surface area is 139 Å². The maximum Gasteiger partial charge on any atom is 0.344 e. The fourth-order valence-electron chi connectivity index (χ4n) is 2.83. The van der Waals surface area contributed by atoms with E-state index in [1.807, 2.05) is 4.90 Å². The molecule has 0 bridgehead atoms. The van der Waals surface area contributed by atoms with Crippen LogP contribution >= 0.6 is 0 Å². The summed E-state index contributed by atoms with van der Waals surface area (Å²) in [6.45, 7) is 4.76. The maximum absolute atomic E-state index is 12.3. The second-order valence-corrected chi connectivity index (χ2v) is 6.25. The highest BCUT2D eigenvalue weighted by Crippen LogP contribution is 2.19. The van der Waals surface area contributed by atoms with Gasteiger partial charge in [-0.1, -0.05) is 6.92 Å². The average molecular weight is 332 g/mol. The van der Waals surface area contributed by atoms with Gasteiger partial charge in [-0.15, -0.1) is 0 Å². The highest BCUT2D eigenvalue weighted by Gasteiger charge is 2.47. The van der Waals surface area contributed by atoms with Crippen molar-refractivity contribution in [1.82, 2.24) is 30.6 Å². The molecule has 9 nitrogen and oxygen atoms in total. The minimum Gasteiger partial charge on any atom is -0.322 e. The van der Waals surface area contributed by atoms with E-state index in [4.69, 9.17) is 0 Å². The van der Waals surface area contributed by atoms with E-state index in [0.717, 1.165) is 22.7 Å². The van der Waals surface area contributed by atoms with Crippen LogP contribution in [0.25, 0.3) is 0 Å². The van der Waals surface area contributed by atoms with Crippen molar-refractivity contribution in [2.24, 2.45) is 0 Å². The van der Waals surface area contributed by atoms with E-state index in [0.29, 0.717) is 19.5 Å². The zero-order valence-corrected chi connectivity index (χ0v) is 13.7. The molecule has 2 aliphatic heterocycles. The summed E-state index contributed by atoms with van der Waals surface area (Å²) >= 11 is 0. The smallest absolute Gasteiger partial charge is 0.322 e. The van der Waals surface area contributed by atoms with Gasteiger partial charge in [-0.05, 0) is 25.3 Å². The number of fused-ring (bicyclic) bond motifs is 1. The number of rotatable bonds is 4. The van der Waals surface area contributed by atoms with E-state index >= 15 is 0 Å². The quantitative estimate of drug-likeness (QED) is 0.726. The number of amides is 4. The van der Waals surface area contributed by atoms with E-state index in [1.165, 1.54) is 6.33 Å². The average Bonchev–Trinajstić information content (AvgIpc) is 2.78.